The maximum atomic E-state index is 12.5. The molecule has 0 aliphatic heterocycles. The molecule has 0 saturated heterocycles. The molecular weight excluding hydrogens is 346 g/mol. The SMILES string of the molecule is Cc1ccc(S(=O)(=O)Nc2ccc([N+](=O)[O-])c3ccc[n+]([O-])c23)cc1. The van der Waals surface area contributed by atoms with Crippen LogP contribution in [0.5, 0.6) is 0 Å². The Balaban J connectivity index is 2.15. The number of rotatable bonds is 4. The number of nitrogens with zero attached hydrogens (tertiary/aromatic N) is 2. The fourth-order valence-electron chi connectivity index (χ4n) is 2.45. The largest absolute Gasteiger partial charge is 0.618 e. The quantitative estimate of drug-likeness (QED) is 0.332. The van der Waals surface area contributed by atoms with Gasteiger partial charge in [0.1, 0.15) is 11.1 Å². The Kier molecular flexibility index (Phi) is 4.01. The Labute approximate surface area is 143 Å². The normalized spacial score (nSPS) is 11.4. The number of anilines is 1. The van der Waals surface area contributed by atoms with E-state index in [1.165, 1.54) is 30.3 Å². The number of benzene rings is 2. The van der Waals surface area contributed by atoms with Crippen molar-refractivity contribution in [2.24, 2.45) is 0 Å². The second-order valence-corrected chi connectivity index (χ2v) is 7.09. The molecule has 0 amide bonds. The van der Waals surface area contributed by atoms with Gasteiger partial charge in [0.15, 0.2) is 6.20 Å². The molecule has 0 bridgehead atoms. The fourth-order valence-corrected chi connectivity index (χ4v) is 3.52. The first-order valence-electron chi connectivity index (χ1n) is 7.18. The van der Waals surface area contributed by atoms with Crippen molar-refractivity contribution < 1.29 is 18.1 Å². The van der Waals surface area contributed by atoms with E-state index in [4.69, 9.17) is 0 Å². The summed E-state index contributed by atoms with van der Waals surface area (Å²) in [6.45, 7) is 1.83. The van der Waals surface area contributed by atoms with Crippen LogP contribution in [-0.4, -0.2) is 13.3 Å². The molecule has 8 nitrogen and oxygen atoms in total. The van der Waals surface area contributed by atoms with E-state index in [2.05, 4.69) is 4.72 Å². The van der Waals surface area contributed by atoms with Gasteiger partial charge in [0.25, 0.3) is 21.2 Å². The van der Waals surface area contributed by atoms with Crippen LogP contribution in [-0.2, 0) is 10.0 Å². The van der Waals surface area contributed by atoms with Crippen LogP contribution < -0.4 is 9.45 Å². The van der Waals surface area contributed by atoms with Crippen molar-refractivity contribution in [2.75, 3.05) is 4.72 Å². The summed E-state index contributed by atoms with van der Waals surface area (Å²) in [5, 5.41) is 23.3. The zero-order valence-corrected chi connectivity index (χ0v) is 13.9. The average Bonchev–Trinajstić information content (AvgIpc) is 2.55. The zero-order valence-electron chi connectivity index (χ0n) is 13.0. The second kappa shape index (κ2) is 6.02. The van der Waals surface area contributed by atoms with Gasteiger partial charge < -0.3 is 5.21 Å². The lowest BCUT2D eigenvalue weighted by molar-refractivity contribution is -0.576. The third-order valence-electron chi connectivity index (χ3n) is 3.67. The van der Waals surface area contributed by atoms with Crippen LogP contribution in [0.2, 0.25) is 0 Å². The molecule has 0 atom stereocenters. The highest BCUT2D eigenvalue weighted by atomic mass is 32.2. The molecule has 0 aliphatic carbocycles. The van der Waals surface area contributed by atoms with E-state index in [1.54, 1.807) is 12.1 Å². The van der Waals surface area contributed by atoms with Gasteiger partial charge in [-0.3, -0.25) is 14.8 Å². The number of hydrogen-bond acceptors (Lipinski definition) is 5. The van der Waals surface area contributed by atoms with E-state index in [1.807, 2.05) is 6.92 Å². The molecule has 0 aliphatic rings. The first-order chi connectivity index (χ1) is 11.8. The topological polar surface area (TPSA) is 116 Å². The molecule has 1 aromatic heterocycles. The van der Waals surface area contributed by atoms with E-state index in [0.29, 0.717) is 4.73 Å². The van der Waals surface area contributed by atoms with Crippen molar-refractivity contribution in [3.63, 3.8) is 0 Å². The third kappa shape index (κ3) is 3.09. The lowest BCUT2D eigenvalue weighted by atomic mass is 10.1. The van der Waals surface area contributed by atoms with Crippen LogP contribution in [0.25, 0.3) is 10.9 Å². The molecule has 25 heavy (non-hydrogen) atoms. The van der Waals surface area contributed by atoms with E-state index in [0.717, 1.165) is 17.8 Å². The molecule has 1 N–H and O–H groups in total. The van der Waals surface area contributed by atoms with Gasteiger partial charge in [0.2, 0.25) is 0 Å². The van der Waals surface area contributed by atoms with Crippen molar-refractivity contribution in [1.29, 1.82) is 0 Å². The minimum atomic E-state index is -3.94. The van der Waals surface area contributed by atoms with Crippen LogP contribution in [0.4, 0.5) is 11.4 Å². The van der Waals surface area contributed by atoms with Crippen LogP contribution >= 0.6 is 0 Å². The Bertz CT molecular complexity index is 1080. The van der Waals surface area contributed by atoms with Crippen molar-refractivity contribution in [3.05, 3.63) is 75.6 Å². The molecular formula is C16H13N3O5S. The molecule has 0 radical (unpaired) electrons. The summed E-state index contributed by atoms with van der Waals surface area (Å²) in [7, 11) is -3.94. The van der Waals surface area contributed by atoms with E-state index < -0.39 is 14.9 Å². The molecule has 128 valence electrons. The molecule has 0 saturated carbocycles. The van der Waals surface area contributed by atoms with E-state index in [-0.39, 0.29) is 27.2 Å². The monoisotopic (exact) mass is 359 g/mol. The van der Waals surface area contributed by atoms with Crippen LogP contribution in [0.1, 0.15) is 5.56 Å². The van der Waals surface area contributed by atoms with Crippen LogP contribution in [0, 0.1) is 22.2 Å². The summed E-state index contributed by atoms with van der Waals surface area (Å²) in [6, 6.07) is 11.3. The fraction of sp³-hybridized carbons (Fsp3) is 0.0625. The number of nitrogens with one attached hydrogen (secondary N) is 1. The van der Waals surface area contributed by atoms with Gasteiger partial charge in [-0.2, -0.15) is 4.73 Å². The van der Waals surface area contributed by atoms with Gasteiger partial charge in [-0.1, -0.05) is 17.7 Å². The van der Waals surface area contributed by atoms with Crippen molar-refractivity contribution in [3.8, 4) is 0 Å². The standard InChI is InChI=1S/C16H13N3O5S/c1-11-4-6-12(7-5-11)25(23,24)17-14-8-9-15(19(21)22)13-3-2-10-18(20)16(13)14/h2-10,17H,1H3. The summed E-state index contributed by atoms with van der Waals surface area (Å²) in [5.74, 6) is 0. The number of nitro groups is 1. The Morgan fingerprint density at radius 3 is 2.40 bits per heavy atom. The Morgan fingerprint density at radius 2 is 1.76 bits per heavy atom. The lowest BCUT2D eigenvalue weighted by Gasteiger charge is -2.10. The number of fused-ring (bicyclic) bond motifs is 1. The number of aryl methyl sites for hydroxylation is 1. The highest BCUT2D eigenvalue weighted by molar-refractivity contribution is 7.92. The average molecular weight is 359 g/mol. The summed E-state index contributed by atoms with van der Waals surface area (Å²) in [4.78, 5) is 10.5. The zero-order chi connectivity index (χ0) is 18.2. The minimum Gasteiger partial charge on any atom is -0.618 e. The maximum Gasteiger partial charge on any atom is 0.283 e. The summed E-state index contributed by atoms with van der Waals surface area (Å²) < 4.78 is 27.8. The first-order valence-corrected chi connectivity index (χ1v) is 8.67. The second-order valence-electron chi connectivity index (χ2n) is 5.40. The molecule has 3 rings (SSSR count). The Morgan fingerprint density at radius 1 is 1.08 bits per heavy atom. The number of aromatic nitrogens is 1. The molecule has 9 heteroatoms. The van der Waals surface area contributed by atoms with Crippen molar-refractivity contribution in [2.45, 2.75) is 11.8 Å². The molecule has 1 heterocycles. The first kappa shape index (κ1) is 16.7. The predicted octanol–water partition coefficient (Wildman–Crippen LogP) is 2.49. The predicted molar refractivity (Wildman–Crippen MR) is 91.5 cm³/mol. The van der Waals surface area contributed by atoms with E-state index in [9.17, 15) is 23.7 Å². The van der Waals surface area contributed by atoms with Gasteiger partial charge in [-0.15, -0.1) is 0 Å². The highest BCUT2D eigenvalue weighted by Gasteiger charge is 2.23. The minimum absolute atomic E-state index is 0.0259. The molecule has 0 spiro atoms. The van der Waals surface area contributed by atoms with Crippen LogP contribution in [0.15, 0.2) is 59.6 Å². The Hall–Kier alpha value is -3.20. The number of non-ortho nitro benzene ring substituents is 1. The van der Waals surface area contributed by atoms with Gasteiger partial charge >= 0.3 is 0 Å². The highest BCUT2D eigenvalue weighted by Crippen LogP contribution is 2.30. The molecule has 0 unspecified atom stereocenters. The van der Waals surface area contributed by atoms with Crippen molar-refractivity contribution >= 4 is 32.3 Å². The number of pyridine rings is 1. The number of sulfonamides is 1. The smallest absolute Gasteiger partial charge is 0.283 e. The van der Waals surface area contributed by atoms with Gasteiger partial charge in [0.05, 0.1) is 9.82 Å². The number of nitro benzene ring substituents is 1. The summed E-state index contributed by atoms with van der Waals surface area (Å²) in [5.41, 5.74) is 0.472. The lowest BCUT2D eigenvalue weighted by Crippen LogP contribution is -2.28. The van der Waals surface area contributed by atoms with E-state index >= 15 is 0 Å². The summed E-state index contributed by atoms with van der Waals surface area (Å²) >= 11 is 0. The maximum absolute atomic E-state index is 12.5. The van der Waals surface area contributed by atoms with Crippen LogP contribution in [0.3, 0.4) is 0 Å². The van der Waals surface area contributed by atoms with Crippen molar-refractivity contribution in [1.82, 2.24) is 0 Å². The molecule has 0 fully saturated rings. The molecule has 2 aromatic carbocycles. The number of hydrogen-bond donors (Lipinski definition) is 1. The van der Waals surface area contributed by atoms with Gasteiger partial charge in [-0.25, -0.2) is 8.42 Å². The third-order valence-corrected chi connectivity index (χ3v) is 5.05. The summed E-state index contributed by atoms with van der Waals surface area (Å²) in [6.07, 6.45) is 1.15. The van der Waals surface area contributed by atoms with Gasteiger partial charge in [0, 0.05) is 12.1 Å². The van der Waals surface area contributed by atoms with Gasteiger partial charge in [-0.05, 0) is 31.2 Å². The molecule has 3 aromatic rings.